The van der Waals surface area contributed by atoms with Crippen molar-refractivity contribution in [1.29, 1.82) is 0 Å². The topological polar surface area (TPSA) is 79.8 Å². The lowest BCUT2D eigenvalue weighted by Gasteiger charge is -2.11. The smallest absolute Gasteiger partial charge is 0.348 e. The molecule has 0 fully saturated rings. The molecule has 124 valence electrons. The van der Waals surface area contributed by atoms with E-state index in [4.69, 9.17) is 0 Å². The number of nitrogens with one attached hydrogen (secondary N) is 2. The van der Waals surface area contributed by atoms with Crippen LogP contribution in [0, 0.1) is 13.8 Å². The molecule has 2 aromatic rings. The van der Waals surface area contributed by atoms with Gasteiger partial charge in [-0.15, -0.1) is 0 Å². The summed E-state index contributed by atoms with van der Waals surface area (Å²) < 4.78 is 39.4. The van der Waals surface area contributed by atoms with Crippen molar-refractivity contribution < 1.29 is 18.0 Å². The first kappa shape index (κ1) is 16.8. The Kier molecular flexibility index (Phi) is 4.31. The minimum Gasteiger partial charge on any atom is -0.348 e. The molecule has 0 aromatic carbocycles. The van der Waals surface area contributed by atoms with Crippen LogP contribution in [0.4, 0.5) is 13.2 Å². The number of carbonyl (C=O) groups is 1. The van der Waals surface area contributed by atoms with Crippen LogP contribution in [0.1, 0.15) is 32.9 Å². The van der Waals surface area contributed by atoms with E-state index in [1.54, 1.807) is 19.9 Å². The lowest BCUT2D eigenvalue weighted by atomic mass is 10.1. The van der Waals surface area contributed by atoms with Crippen LogP contribution in [0.3, 0.4) is 0 Å². The fourth-order valence-electron chi connectivity index (χ4n) is 2.31. The Hall–Kier alpha value is -2.58. The standard InChI is InChI=1S/C14H15F3N4O2/c1-7-4-8(2)20-13(23)9(7)5-18-12(22)10-6-19-21(3)11(10)14(15,16)17/h4,6H,5H2,1-3H3,(H,18,22)(H,20,23). The zero-order valence-electron chi connectivity index (χ0n) is 12.7. The summed E-state index contributed by atoms with van der Waals surface area (Å²) in [5, 5.41) is 5.80. The van der Waals surface area contributed by atoms with Gasteiger partial charge in [0.1, 0.15) is 0 Å². The van der Waals surface area contributed by atoms with E-state index in [9.17, 15) is 22.8 Å². The summed E-state index contributed by atoms with van der Waals surface area (Å²) in [7, 11) is 1.11. The second-order valence-corrected chi connectivity index (χ2v) is 5.15. The molecule has 0 bridgehead atoms. The largest absolute Gasteiger partial charge is 0.433 e. The maximum Gasteiger partial charge on any atom is 0.433 e. The Morgan fingerprint density at radius 3 is 2.61 bits per heavy atom. The lowest BCUT2D eigenvalue weighted by Crippen LogP contribution is -2.29. The molecular weight excluding hydrogens is 313 g/mol. The number of nitrogens with zero attached hydrogens (tertiary/aromatic N) is 2. The number of hydrogen-bond donors (Lipinski definition) is 2. The van der Waals surface area contributed by atoms with Gasteiger partial charge in [0, 0.05) is 24.8 Å². The highest BCUT2D eigenvalue weighted by Gasteiger charge is 2.39. The summed E-state index contributed by atoms with van der Waals surface area (Å²) in [6, 6.07) is 1.72. The van der Waals surface area contributed by atoms with Gasteiger partial charge in [0.15, 0.2) is 5.69 Å². The van der Waals surface area contributed by atoms with Gasteiger partial charge in [-0.25, -0.2) is 0 Å². The van der Waals surface area contributed by atoms with Crippen LogP contribution < -0.4 is 10.9 Å². The van der Waals surface area contributed by atoms with E-state index in [1.165, 1.54) is 0 Å². The lowest BCUT2D eigenvalue weighted by molar-refractivity contribution is -0.144. The molecule has 1 amide bonds. The second-order valence-electron chi connectivity index (χ2n) is 5.15. The number of alkyl halides is 3. The Labute approximate surface area is 129 Å². The SMILES string of the molecule is Cc1cc(C)c(CNC(=O)c2cnn(C)c2C(F)(F)F)c(=O)[nH]1. The minimum absolute atomic E-state index is 0.174. The van der Waals surface area contributed by atoms with Crippen LogP contribution in [0.2, 0.25) is 0 Å². The summed E-state index contributed by atoms with van der Waals surface area (Å²) in [6.45, 7) is 3.23. The Morgan fingerprint density at radius 1 is 1.39 bits per heavy atom. The van der Waals surface area contributed by atoms with E-state index in [0.29, 0.717) is 21.5 Å². The molecule has 2 N–H and O–H groups in total. The molecule has 0 atom stereocenters. The number of aryl methyl sites for hydroxylation is 3. The third kappa shape index (κ3) is 3.43. The molecule has 0 aliphatic heterocycles. The molecule has 6 nitrogen and oxygen atoms in total. The number of rotatable bonds is 3. The third-order valence-corrected chi connectivity index (χ3v) is 3.37. The predicted octanol–water partition coefficient (Wildman–Crippen LogP) is 1.67. The van der Waals surface area contributed by atoms with Gasteiger partial charge in [-0.2, -0.15) is 18.3 Å². The van der Waals surface area contributed by atoms with Gasteiger partial charge < -0.3 is 10.3 Å². The average Bonchev–Trinajstić information content (AvgIpc) is 2.79. The van der Waals surface area contributed by atoms with E-state index >= 15 is 0 Å². The Balaban J connectivity index is 2.24. The van der Waals surface area contributed by atoms with Crippen molar-refractivity contribution >= 4 is 5.91 Å². The molecule has 2 heterocycles. The minimum atomic E-state index is -4.70. The Morgan fingerprint density at radius 2 is 2.04 bits per heavy atom. The van der Waals surface area contributed by atoms with Crippen molar-refractivity contribution in [2.75, 3.05) is 0 Å². The maximum atomic E-state index is 12.9. The summed E-state index contributed by atoms with van der Waals surface area (Å²) in [5.41, 5.74) is -0.500. The van der Waals surface area contributed by atoms with Crippen molar-refractivity contribution in [1.82, 2.24) is 20.1 Å². The molecule has 0 aliphatic carbocycles. The molecule has 0 saturated heterocycles. The first-order valence-electron chi connectivity index (χ1n) is 6.68. The fraction of sp³-hybridized carbons (Fsp3) is 0.357. The van der Waals surface area contributed by atoms with E-state index in [0.717, 1.165) is 13.2 Å². The number of aromatic nitrogens is 3. The summed E-state index contributed by atoms with van der Waals surface area (Å²) in [4.78, 5) is 26.4. The molecule has 0 spiro atoms. The first-order chi connectivity index (χ1) is 10.6. The highest BCUT2D eigenvalue weighted by molar-refractivity contribution is 5.95. The molecule has 2 rings (SSSR count). The number of H-pyrrole nitrogens is 1. The molecule has 0 aliphatic rings. The first-order valence-corrected chi connectivity index (χ1v) is 6.68. The van der Waals surface area contributed by atoms with E-state index in [-0.39, 0.29) is 12.1 Å². The van der Waals surface area contributed by atoms with E-state index in [1.807, 2.05) is 0 Å². The normalized spacial score (nSPS) is 11.6. The van der Waals surface area contributed by atoms with E-state index < -0.39 is 23.3 Å². The highest BCUT2D eigenvalue weighted by atomic mass is 19.4. The van der Waals surface area contributed by atoms with Crippen LogP contribution in [0.15, 0.2) is 17.1 Å². The highest BCUT2D eigenvalue weighted by Crippen LogP contribution is 2.31. The van der Waals surface area contributed by atoms with Crippen LogP contribution in [-0.2, 0) is 19.8 Å². The summed E-state index contributed by atoms with van der Waals surface area (Å²) >= 11 is 0. The molecule has 0 saturated carbocycles. The number of hydrogen-bond acceptors (Lipinski definition) is 3. The van der Waals surface area contributed by atoms with Crippen molar-refractivity contribution in [2.45, 2.75) is 26.6 Å². The van der Waals surface area contributed by atoms with Crippen molar-refractivity contribution in [3.8, 4) is 0 Å². The number of halogens is 3. The van der Waals surface area contributed by atoms with Gasteiger partial charge in [-0.05, 0) is 25.5 Å². The van der Waals surface area contributed by atoms with Gasteiger partial charge in [-0.1, -0.05) is 0 Å². The summed E-state index contributed by atoms with van der Waals surface area (Å²) in [6.07, 6.45) is -3.85. The molecule has 0 unspecified atom stereocenters. The van der Waals surface area contributed by atoms with Crippen LogP contribution >= 0.6 is 0 Å². The van der Waals surface area contributed by atoms with Crippen LogP contribution in [0.5, 0.6) is 0 Å². The number of amides is 1. The number of aromatic amines is 1. The summed E-state index contributed by atoms with van der Waals surface area (Å²) in [5.74, 6) is -0.940. The van der Waals surface area contributed by atoms with E-state index in [2.05, 4.69) is 15.4 Å². The second kappa shape index (κ2) is 5.90. The molecule has 2 aromatic heterocycles. The fourth-order valence-corrected chi connectivity index (χ4v) is 2.31. The van der Waals surface area contributed by atoms with Crippen molar-refractivity contribution in [2.24, 2.45) is 7.05 Å². The Bertz CT molecular complexity index is 805. The van der Waals surface area contributed by atoms with Crippen molar-refractivity contribution in [3.63, 3.8) is 0 Å². The predicted molar refractivity (Wildman–Crippen MR) is 75.9 cm³/mol. The van der Waals surface area contributed by atoms with Gasteiger partial charge >= 0.3 is 6.18 Å². The molecule has 23 heavy (non-hydrogen) atoms. The monoisotopic (exact) mass is 328 g/mol. The van der Waals surface area contributed by atoms with Gasteiger partial charge in [-0.3, -0.25) is 14.3 Å². The zero-order valence-corrected chi connectivity index (χ0v) is 12.7. The van der Waals surface area contributed by atoms with Gasteiger partial charge in [0.25, 0.3) is 11.5 Å². The zero-order chi connectivity index (χ0) is 17.4. The third-order valence-electron chi connectivity index (χ3n) is 3.37. The average molecular weight is 328 g/mol. The molecule has 9 heteroatoms. The number of carbonyl (C=O) groups excluding carboxylic acids is 1. The van der Waals surface area contributed by atoms with Crippen molar-refractivity contribution in [3.05, 3.63) is 50.7 Å². The maximum absolute atomic E-state index is 12.9. The molecular formula is C14H15F3N4O2. The quantitative estimate of drug-likeness (QED) is 0.899. The van der Waals surface area contributed by atoms with Crippen LogP contribution in [-0.4, -0.2) is 20.7 Å². The van der Waals surface area contributed by atoms with Gasteiger partial charge in [0.2, 0.25) is 0 Å². The van der Waals surface area contributed by atoms with Gasteiger partial charge in [0.05, 0.1) is 11.8 Å². The van der Waals surface area contributed by atoms with Crippen LogP contribution in [0.25, 0.3) is 0 Å². The number of pyridine rings is 1. The molecule has 0 radical (unpaired) electrons.